The highest BCUT2D eigenvalue weighted by Crippen LogP contribution is 2.46. The summed E-state index contributed by atoms with van der Waals surface area (Å²) in [6.07, 6.45) is 12.8. The molecule has 0 unspecified atom stereocenters. The third-order valence-electron chi connectivity index (χ3n) is 10.5. The Morgan fingerprint density at radius 2 is 1.02 bits per heavy atom. The number of fused-ring (bicyclic) bond motifs is 2. The summed E-state index contributed by atoms with van der Waals surface area (Å²) in [5, 5.41) is 3.47. The van der Waals surface area contributed by atoms with Gasteiger partial charge in [-0.25, -0.2) is 0 Å². The van der Waals surface area contributed by atoms with Crippen molar-refractivity contribution in [3.05, 3.63) is 129 Å². The molecule has 4 aromatic rings. The zero-order valence-electron chi connectivity index (χ0n) is 27.8. The second-order valence-corrected chi connectivity index (χ2v) is 18.6. The SMILES string of the molecule is CCCCCC[Si](C)(C1=Cc2c(cccc2-c2ccc(C(C)C)cc2)C1)C1=Cc2c(cccc2-c2ccc(C(C)C)cc2)C1. The smallest absolute Gasteiger partial charge is 0.0712 e. The Morgan fingerprint density at radius 3 is 1.43 bits per heavy atom. The lowest BCUT2D eigenvalue weighted by Gasteiger charge is -2.31. The van der Waals surface area contributed by atoms with Gasteiger partial charge in [-0.1, -0.05) is 180 Å². The van der Waals surface area contributed by atoms with E-state index in [0.29, 0.717) is 11.8 Å². The highest BCUT2D eigenvalue weighted by Gasteiger charge is 2.39. The second kappa shape index (κ2) is 12.9. The summed E-state index contributed by atoms with van der Waals surface area (Å²) in [5.41, 5.74) is 14.3. The third kappa shape index (κ3) is 5.96. The first-order valence-electron chi connectivity index (χ1n) is 17.1. The van der Waals surface area contributed by atoms with Crippen molar-refractivity contribution in [3.8, 4) is 22.3 Å². The molecule has 0 atom stereocenters. The topological polar surface area (TPSA) is 0 Å². The molecule has 226 valence electrons. The number of unbranched alkanes of at least 4 members (excludes halogenated alkanes) is 3. The van der Waals surface area contributed by atoms with Crippen LogP contribution in [0.15, 0.2) is 95.3 Å². The summed E-state index contributed by atoms with van der Waals surface area (Å²) >= 11 is 0. The van der Waals surface area contributed by atoms with Gasteiger partial charge in [-0.15, -0.1) is 0 Å². The number of hydrogen-bond donors (Lipinski definition) is 0. The lowest BCUT2D eigenvalue weighted by Crippen LogP contribution is -2.36. The standard InChI is InChI=1S/C43H50Si/c1-7-8-9-10-25-44(6,38-26-36-13-11-15-40(42(36)28-38)34-21-17-32(18-22-34)30(2)3)39-27-37-14-12-16-41(43(37)29-39)35-23-19-33(20-24-35)31(4)5/h11-24,28-31H,7-10,25-27H2,1-6H3. The van der Waals surface area contributed by atoms with Crippen molar-refractivity contribution in [3.63, 3.8) is 0 Å². The van der Waals surface area contributed by atoms with Crippen LogP contribution in [-0.4, -0.2) is 8.07 Å². The summed E-state index contributed by atoms with van der Waals surface area (Å²) in [6.45, 7) is 14.1. The lowest BCUT2D eigenvalue weighted by molar-refractivity contribution is 0.697. The predicted octanol–water partition coefficient (Wildman–Crippen LogP) is 12.6. The molecule has 0 heterocycles. The van der Waals surface area contributed by atoms with E-state index in [1.54, 1.807) is 10.4 Å². The Balaban J connectivity index is 1.37. The molecule has 0 amide bonds. The Morgan fingerprint density at radius 1 is 0.568 bits per heavy atom. The fraction of sp³-hybridized carbons (Fsp3) is 0.349. The van der Waals surface area contributed by atoms with E-state index < -0.39 is 8.07 Å². The van der Waals surface area contributed by atoms with Crippen LogP contribution in [0.2, 0.25) is 12.6 Å². The Bertz CT molecular complexity index is 1560. The number of hydrogen-bond acceptors (Lipinski definition) is 0. The highest BCUT2D eigenvalue weighted by atomic mass is 28.3. The van der Waals surface area contributed by atoms with Gasteiger partial charge in [-0.2, -0.15) is 0 Å². The molecule has 4 aromatic carbocycles. The quantitative estimate of drug-likeness (QED) is 0.120. The maximum atomic E-state index is 2.70. The molecule has 0 fully saturated rings. The van der Waals surface area contributed by atoms with Crippen LogP contribution in [0.4, 0.5) is 0 Å². The fourth-order valence-electron chi connectivity index (χ4n) is 7.48. The molecular formula is C43H50Si. The fourth-order valence-corrected chi connectivity index (χ4v) is 11.6. The van der Waals surface area contributed by atoms with E-state index >= 15 is 0 Å². The van der Waals surface area contributed by atoms with Gasteiger partial charge < -0.3 is 0 Å². The summed E-state index contributed by atoms with van der Waals surface area (Å²) in [4.78, 5) is 0. The second-order valence-electron chi connectivity index (χ2n) is 14.1. The maximum Gasteiger partial charge on any atom is 0.106 e. The van der Waals surface area contributed by atoms with Gasteiger partial charge >= 0.3 is 0 Å². The van der Waals surface area contributed by atoms with Crippen LogP contribution >= 0.6 is 0 Å². The molecule has 0 aliphatic heterocycles. The van der Waals surface area contributed by atoms with Crippen molar-refractivity contribution < 1.29 is 0 Å². The van der Waals surface area contributed by atoms with E-state index in [1.165, 1.54) is 87.4 Å². The van der Waals surface area contributed by atoms with Gasteiger partial charge in [-0.05, 0) is 80.3 Å². The van der Waals surface area contributed by atoms with Gasteiger partial charge in [-0.3, -0.25) is 0 Å². The lowest BCUT2D eigenvalue weighted by atomic mass is 9.94. The van der Waals surface area contributed by atoms with Crippen molar-refractivity contribution in [1.82, 2.24) is 0 Å². The number of allylic oxidation sites excluding steroid dienone is 2. The van der Waals surface area contributed by atoms with Crippen molar-refractivity contribution in [2.45, 2.75) is 97.6 Å². The molecular weight excluding hydrogens is 545 g/mol. The highest BCUT2D eigenvalue weighted by molar-refractivity contribution is 6.93. The molecule has 44 heavy (non-hydrogen) atoms. The van der Waals surface area contributed by atoms with Crippen LogP contribution in [-0.2, 0) is 12.8 Å². The minimum atomic E-state index is -1.90. The van der Waals surface area contributed by atoms with Crippen LogP contribution in [0, 0.1) is 0 Å². The molecule has 0 N–H and O–H groups in total. The molecule has 0 nitrogen and oxygen atoms in total. The molecule has 1 heteroatoms. The average Bonchev–Trinajstić information content (AvgIpc) is 3.69. The van der Waals surface area contributed by atoms with Gasteiger partial charge in [0.1, 0.15) is 8.07 Å². The van der Waals surface area contributed by atoms with Gasteiger partial charge in [0.05, 0.1) is 0 Å². The van der Waals surface area contributed by atoms with Gasteiger partial charge in [0, 0.05) is 0 Å². The van der Waals surface area contributed by atoms with Gasteiger partial charge in [0.2, 0.25) is 0 Å². The minimum absolute atomic E-state index is 0.556. The van der Waals surface area contributed by atoms with Crippen LogP contribution in [0.3, 0.4) is 0 Å². The summed E-state index contributed by atoms with van der Waals surface area (Å²) < 4.78 is 0. The summed E-state index contributed by atoms with van der Waals surface area (Å²) in [5.74, 6) is 1.11. The van der Waals surface area contributed by atoms with E-state index in [2.05, 4.69) is 138 Å². The Kier molecular flexibility index (Phi) is 8.97. The molecule has 0 saturated carbocycles. The normalized spacial score (nSPS) is 14.2. The van der Waals surface area contributed by atoms with E-state index in [-0.39, 0.29) is 0 Å². The van der Waals surface area contributed by atoms with Crippen molar-refractivity contribution in [2.75, 3.05) is 0 Å². The molecule has 6 rings (SSSR count). The summed E-state index contributed by atoms with van der Waals surface area (Å²) in [6, 6.07) is 34.0. The van der Waals surface area contributed by atoms with Gasteiger partial charge in [0.25, 0.3) is 0 Å². The van der Waals surface area contributed by atoms with Crippen molar-refractivity contribution >= 4 is 20.2 Å². The van der Waals surface area contributed by atoms with E-state index in [9.17, 15) is 0 Å². The number of benzene rings is 4. The molecule has 2 aliphatic carbocycles. The van der Waals surface area contributed by atoms with Crippen LogP contribution in [0.25, 0.3) is 34.4 Å². The molecule has 0 spiro atoms. The largest absolute Gasteiger partial charge is 0.106 e. The molecule has 0 radical (unpaired) electrons. The van der Waals surface area contributed by atoms with Crippen LogP contribution < -0.4 is 0 Å². The first-order valence-corrected chi connectivity index (χ1v) is 19.9. The van der Waals surface area contributed by atoms with E-state index in [0.717, 1.165) is 12.8 Å². The maximum absolute atomic E-state index is 2.70. The molecule has 0 bridgehead atoms. The van der Waals surface area contributed by atoms with Crippen LogP contribution in [0.5, 0.6) is 0 Å². The summed E-state index contributed by atoms with van der Waals surface area (Å²) in [7, 11) is -1.90. The average molecular weight is 595 g/mol. The molecule has 0 aromatic heterocycles. The predicted molar refractivity (Wildman–Crippen MR) is 196 cm³/mol. The molecule has 2 aliphatic rings. The zero-order valence-corrected chi connectivity index (χ0v) is 28.8. The Labute approximate surface area is 268 Å². The first-order chi connectivity index (χ1) is 21.3. The van der Waals surface area contributed by atoms with Crippen molar-refractivity contribution in [2.24, 2.45) is 0 Å². The first kappa shape index (κ1) is 30.6. The van der Waals surface area contributed by atoms with Crippen LogP contribution in [0.1, 0.15) is 106 Å². The molecule has 0 saturated heterocycles. The number of rotatable bonds is 11. The van der Waals surface area contributed by atoms with E-state index in [1.807, 2.05) is 0 Å². The van der Waals surface area contributed by atoms with Crippen molar-refractivity contribution in [1.29, 1.82) is 0 Å². The minimum Gasteiger partial charge on any atom is -0.0712 e. The van der Waals surface area contributed by atoms with E-state index in [4.69, 9.17) is 0 Å². The van der Waals surface area contributed by atoms with Gasteiger partial charge in [0.15, 0.2) is 0 Å². The Hall–Kier alpha value is -3.42. The monoisotopic (exact) mass is 594 g/mol. The zero-order chi connectivity index (χ0) is 30.8. The third-order valence-corrected chi connectivity index (χ3v) is 15.3.